The van der Waals surface area contributed by atoms with Crippen LogP contribution in [0.25, 0.3) is 0 Å². The monoisotopic (exact) mass is 611 g/mol. The predicted octanol–water partition coefficient (Wildman–Crippen LogP) is -6.15. The number of hydrogen-bond donors (Lipinski definition) is 11. The molecule has 15 N–H and O–H groups in total. The van der Waals surface area contributed by atoms with Crippen molar-refractivity contribution in [1.82, 2.24) is 5.32 Å². The molecule has 17 heteroatoms. The van der Waals surface area contributed by atoms with Crippen LogP contribution in [0.1, 0.15) is 26.2 Å². The van der Waals surface area contributed by atoms with Gasteiger partial charge in [0.15, 0.2) is 18.9 Å². The lowest BCUT2D eigenvalue weighted by molar-refractivity contribution is -0.297. The van der Waals surface area contributed by atoms with E-state index in [9.17, 15) is 30.6 Å². The lowest BCUT2D eigenvalue weighted by Crippen LogP contribution is -2.66. The molecule has 3 aliphatic heterocycles. The lowest BCUT2D eigenvalue weighted by Gasteiger charge is -2.47. The molecule has 4 aliphatic rings. The van der Waals surface area contributed by atoms with Crippen LogP contribution in [-0.4, -0.2) is 161 Å². The third-order valence-electron chi connectivity index (χ3n) is 8.72. The smallest absolute Gasteiger partial charge is 0.187 e. The number of hydrogen-bond acceptors (Lipinski definition) is 17. The Balaban J connectivity index is 1.50. The fraction of sp³-hybridized carbons (Fsp3) is 1.00. The van der Waals surface area contributed by atoms with Gasteiger partial charge in [0.2, 0.25) is 0 Å². The highest BCUT2D eigenvalue weighted by Gasteiger charge is 2.54. The summed E-state index contributed by atoms with van der Waals surface area (Å²) in [5, 5.41) is 66.2. The predicted molar refractivity (Wildman–Crippen MR) is 143 cm³/mol. The van der Waals surface area contributed by atoms with Crippen LogP contribution in [0.4, 0.5) is 0 Å². The Bertz CT molecular complexity index is 852. The van der Waals surface area contributed by atoms with Gasteiger partial charge in [0.25, 0.3) is 0 Å². The van der Waals surface area contributed by atoms with Crippen molar-refractivity contribution in [3.8, 4) is 0 Å². The van der Waals surface area contributed by atoms with Gasteiger partial charge in [-0.1, -0.05) is 6.92 Å². The first-order valence-corrected chi connectivity index (χ1v) is 14.5. The van der Waals surface area contributed by atoms with Gasteiger partial charge in [-0.3, -0.25) is 0 Å². The summed E-state index contributed by atoms with van der Waals surface area (Å²) in [6.07, 6.45) is -14.8. The molecule has 18 unspecified atom stereocenters. The maximum atomic E-state index is 11.2. The highest BCUT2D eigenvalue weighted by molar-refractivity contribution is 5.02. The average Bonchev–Trinajstić information content (AvgIpc) is 3.27. The Kier molecular flexibility index (Phi) is 11.9. The van der Waals surface area contributed by atoms with Crippen molar-refractivity contribution in [2.45, 2.75) is 136 Å². The highest BCUT2D eigenvalue weighted by Crippen LogP contribution is 2.34. The first-order valence-electron chi connectivity index (χ1n) is 14.5. The molecular formula is C25H49N5O12. The topological polar surface area (TPSA) is 293 Å². The van der Waals surface area contributed by atoms with Crippen molar-refractivity contribution >= 4 is 0 Å². The average molecular weight is 612 g/mol. The summed E-state index contributed by atoms with van der Waals surface area (Å²) in [5.74, 6) is 0. The zero-order valence-corrected chi connectivity index (χ0v) is 23.9. The van der Waals surface area contributed by atoms with Gasteiger partial charge in [0.05, 0.1) is 37.0 Å². The van der Waals surface area contributed by atoms with Gasteiger partial charge < -0.3 is 87.3 Å². The van der Waals surface area contributed by atoms with Crippen molar-refractivity contribution in [3.05, 3.63) is 0 Å². The molecule has 0 spiro atoms. The van der Waals surface area contributed by atoms with Gasteiger partial charge in [-0.15, -0.1) is 0 Å². The van der Waals surface area contributed by atoms with E-state index in [0.717, 1.165) is 0 Å². The zero-order valence-electron chi connectivity index (χ0n) is 23.9. The van der Waals surface area contributed by atoms with E-state index in [0.29, 0.717) is 12.8 Å². The molecule has 42 heavy (non-hydrogen) atoms. The van der Waals surface area contributed by atoms with Crippen LogP contribution < -0.4 is 28.3 Å². The number of ether oxygens (including phenoxy) is 6. The van der Waals surface area contributed by atoms with Gasteiger partial charge in [0.1, 0.15) is 48.8 Å². The van der Waals surface area contributed by atoms with Gasteiger partial charge in [0, 0.05) is 18.6 Å². The molecule has 0 aromatic carbocycles. The summed E-state index contributed by atoms with van der Waals surface area (Å²) < 4.78 is 35.5. The minimum absolute atomic E-state index is 0.135. The maximum Gasteiger partial charge on any atom is 0.187 e. The second kappa shape index (κ2) is 14.6. The van der Waals surface area contributed by atoms with E-state index in [1.807, 2.05) is 6.92 Å². The fourth-order valence-corrected chi connectivity index (χ4v) is 6.13. The van der Waals surface area contributed by atoms with Gasteiger partial charge >= 0.3 is 0 Å². The Morgan fingerprint density at radius 1 is 0.714 bits per heavy atom. The third-order valence-corrected chi connectivity index (χ3v) is 8.72. The molecule has 17 nitrogen and oxygen atoms in total. The number of aliphatic hydroxyl groups excluding tert-OH is 6. The summed E-state index contributed by atoms with van der Waals surface area (Å²) in [7, 11) is 1.66. The van der Waals surface area contributed by atoms with Crippen LogP contribution in [0.3, 0.4) is 0 Å². The van der Waals surface area contributed by atoms with Crippen molar-refractivity contribution in [3.63, 3.8) is 0 Å². The molecule has 18 atom stereocenters. The van der Waals surface area contributed by atoms with Crippen molar-refractivity contribution in [1.29, 1.82) is 0 Å². The zero-order chi connectivity index (χ0) is 30.9. The van der Waals surface area contributed by atoms with E-state index in [4.69, 9.17) is 51.4 Å². The van der Waals surface area contributed by atoms with E-state index >= 15 is 0 Å². The van der Waals surface area contributed by atoms with Crippen LogP contribution in [0.2, 0.25) is 0 Å². The largest absolute Gasteiger partial charge is 0.394 e. The van der Waals surface area contributed by atoms with Gasteiger partial charge in [-0.05, 0) is 26.3 Å². The van der Waals surface area contributed by atoms with Crippen LogP contribution in [0, 0.1) is 0 Å². The van der Waals surface area contributed by atoms with Crippen LogP contribution in [0.15, 0.2) is 0 Å². The maximum absolute atomic E-state index is 11.2. The number of rotatable bonds is 10. The molecule has 0 aromatic heterocycles. The van der Waals surface area contributed by atoms with E-state index in [-0.39, 0.29) is 13.0 Å². The van der Waals surface area contributed by atoms with Crippen molar-refractivity contribution in [2.24, 2.45) is 22.9 Å². The summed E-state index contributed by atoms with van der Waals surface area (Å²) >= 11 is 0. The first kappa shape index (κ1) is 34.2. The SMILES string of the molecule is CCC1OC(OC2C(N)CC(NC)C(O)C2OC2OC(CO)C(OC3OC(CN)C(O)C(O)C3N)C2O)C(N)CC1O. The van der Waals surface area contributed by atoms with E-state index in [2.05, 4.69) is 5.32 Å². The van der Waals surface area contributed by atoms with Crippen molar-refractivity contribution in [2.75, 3.05) is 20.2 Å². The third kappa shape index (κ3) is 6.92. The van der Waals surface area contributed by atoms with Crippen LogP contribution >= 0.6 is 0 Å². The Morgan fingerprint density at radius 2 is 1.33 bits per heavy atom. The minimum atomic E-state index is -1.52. The number of nitrogens with one attached hydrogen (secondary N) is 1. The molecule has 3 saturated heterocycles. The second-order valence-electron chi connectivity index (χ2n) is 11.6. The Hall–Kier alpha value is -0.680. The van der Waals surface area contributed by atoms with Crippen molar-refractivity contribution < 1.29 is 59.1 Å². The number of nitrogens with two attached hydrogens (primary N) is 4. The van der Waals surface area contributed by atoms with Gasteiger partial charge in [-0.2, -0.15) is 0 Å². The normalized spacial score (nSPS) is 52.0. The fourth-order valence-electron chi connectivity index (χ4n) is 6.13. The summed E-state index contributed by atoms with van der Waals surface area (Å²) in [6.45, 7) is 1.14. The standard InChI is InChI=1S/C25H49N5O12/c1-3-12-11(32)5-9(28)23(37-12)40-20-8(27)4-10(30-2)16(33)22(20)42-25-19(36)21(14(7-31)39-25)41-24-15(29)18(35)17(34)13(6-26)38-24/h8-25,30-36H,3-7,26-29H2,1-2H3. The van der Waals surface area contributed by atoms with E-state index in [1.54, 1.807) is 7.05 Å². The van der Waals surface area contributed by atoms with Crippen LogP contribution in [-0.2, 0) is 28.4 Å². The molecule has 0 aromatic rings. The molecule has 0 radical (unpaired) electrons. The highest BCUT2D eigenvalue weighted by atomic mass is 16.8. The van der Waals surface area contributed by atoms with Crippen LogP contribution in [0.5, 0.6) is 0 Å². The molecular weight excluding hydrogens is 562 g/mol. The Morgan fingerprint density at radius 3 is 1.95 bits per heavy atom. The molecule has 3 heterocycles. The van der Waals surface area contributed by atoms with E-state index in [1.165, 1.54) is 0 Å². The summed E-state index contributed by atoms with van der Waals surface area (Å²) in [4.78, 5) is 0. The summed E-state index contributed by atoms with van der Waals surface area (Å²) in [6, 6.07) is -3.03. The molecule has 1 saturated carbocycles. The molecule has 0 amide bonds. The Labute approximate surface area is 244 Å². The molecule has 1 aliphatic carbocycles. The lowest BCUT2D eigenvalue weighted by atomic mass is 9.84. The minimum Gasteiger partial charge on any atom is -0.394 e. The molecule has 0 bridgehead atoms. The first-order chi connectivity index (χ1) is 19.9. The summed E-state index contributed by atoms with van der Waals surface area (Å²) in [5.41, 5.74) is 24.3. The molecule has 4 rings (SSSR count). The molecule has 4 fully saturated rings. The number of aliphatic hydroxyl groups is 6. The van der Waals surface area contributed by atoms with Gasteiger partial charge in [-0.25, -0.2) is 0 Å². The number of likely N-dealkylation sites (N-methyl/N-ethyl adjacent to an activating group) is 1. The second-order valence-corrected chi connectivity index (χ2v) is 11.6. The quantitative estimate of drug-likeness (QED) is 0.109. The van der Waals surface area contributed by atoms with E-state index < -0.39 is 117 Å². The molecule has 246 valence electrons.